The summed E-state index contributed by atoms with van der Waals surface area (Å²) in [5, 5.41) is 3.54. The van der Waals surface area contributed by atoms with E-state index in [1.54, 1.807) is 38.3 Å². The zero-order valence-corrected chi connectivity index (χ0v) is 16.6. The molecular formula is C21H25NO4S. The van der Waals surface area contributed by atoms with Crippen LogP contribution < -0.4 is 10.1 Å². The number of ether oxygens (including phenoxy) is 2. The van der Waals surface area contributed by atoms with Gasteiger partial charge in [0.2, 0.25) is 0 Å². The summed E-state index contributed by atoms with van der Waals surface area (Å²) in [6, 6.07) is 6.91. The largest absolute Gasteiger partial charge is 0.497 e. The van der Waals surface area contributed by atoms with Crippen molar-refractivity contribution >= 4 is 28.2 Å². The molecule has 0 atom stereocenters. The number of methoxy groups -OCH3 is 1. The van der Waals surface area contributed by atoms with E-state index in [2.05, 4.69) is 5.32 Å². The SMILES string of the molecule is CCOC(=O)c1c(NC(=O)c2ccc(OC)cc2)sc2c1CCCCCC2. The van der Waals surface area contributed by atoms with Crippen LogP contribution in [0, 0.1) is 0 Å². The maximum absolute atomic E-state index is 12.7. The van der Waals surface area contributed by atoms with Crippen molar-refractivity contribution < 1.29 is 19.1 Å². The van der Waals surface area contributed by atoms with Gasteiger partial charge in [-0.2, -0.15) is 0 Å². The second-order valence-electron chi connectivity index (χ2n) is 6.53. The number of amides is 1. The number of aryl methyl sites for hydroxylation is 1. The van der Waals surface area contributed by atoms with Crippen LogP contribution in [0.3, 0.4) is 0 Å². The average Bonchev–Trinajstić information content (AvgIpc) is 2.98. The van der Waals surface area contributed by atoms with Crippen molar-refractivity contribution in [2.75, 3.05) is 19.0 Å². The van der Waals surface area contributed by atoms with E-state index in [4.69, 9.17) is 9.47 Å². The van der Waals surface area contributed by atoms with Gasteiger partial charge in [0.05, 0.1) is 19.3 Å². The van der Waals surface area contributed by atoms with E-state index >= 15 is 0 Å². The Labute approximate surface area is 163 Å². The van der Waals surface area contributed by atoms with Gasteiger partial charge < -0.3 is 14.8 Å². The van der Waals surface area contributed by atoms with Gasteiger partial charge in [-0.15, -0.1) is 11.3 Å². The molecule has 27 heavy (non-hydrogen) atoms. The van der Waals surface area contributed by atoms with E-state index < -0.39 is 0 Å². The van der Waals surface area contributed by atoms with Gasteiger partial charge in [-0.05, 0) is 62.4 Å². The summed E-state index contributed by atoms with van der Waals surface area (Å²) in [5.74, 6) is 0.107. The predicted molar refractivity (Wildman–Crippen MR) is 107 cm³/mol. The second kappa shape index (κ2) is 9.04. The van der Waals surface area contributed by atoms with Crippen molar-refractivity contribution in [2.24, 2.45) is 0 Å². The minimum atomic E-state index is -0.347. The summed E-state index contributed by atoms with van der Waals surface area (Å²) < 4.78 is 10.4. The first kappa shape index (κ1) is 19.4. The summed E-state index contributed by atoms with van der Waals surface area (Å²) in [5.41, 5.74) is 2.12. The summed E-state index contributed by atoms with van der Waals surface area (Å²) in [6.45, 7) is 2.11. The quantitative estimate of drug-likeness (QED) is 0.745. The number of anilines is 1. The van der Waals surface area contributed by atoms with Crippen molar-refractivity contribution in [3.8, 4) is 5.75 Å². The molecule has 0 saturated heterocycles. The molecule has 1 aliphatic carbocycles. The molecule has 1 amide bonds. The first-order chi connectivity index (χ1) is 13.1. The van der Waals surface area contributed by atoms with Crippen molar-refractivity contribution in [3.05, 3.63) is 45.8 Å². The highest BCUT2D eigenvalue weighted by Gasteiger charge is 2.26. The summed E-state index contributed by atoms with van der Waals surface area (Å²) in [6.07, 6.45) is 6.36. The van der Waals surface area contributed by atoms with Gasteiger partial charge in [0.1, 0.15) is 10.8 Å². The zero-order valence-electron chi connectivity index (χ0n) is 15.8. The highest BCUT2D eigenvalue weighted by Crippen LogP contribution is 2.37. The summed E-state index contributed by atoms with van der Waals surface area (Å²) in [4.78, 5) is 26.5. The fourth-order valence-corrected chi connectivity index (χ4v) is 4.62. The molecule has 3 rings (SSSR count). The molecule has 6 heteroatoms. The van der Waals surface area contributed by atoms with Crippen LogP contribution in [0.2, 0.25) is 0 Å². The molecule has 0 aliphatic heterocycles. The molecule has 1 aliphatic rings. The van der Waals surface area contributed by atoms with Crippen LogP contribution in [0.1, 0.15) is 63.8 Å². The highest BCUT2D eigenvalue weighted by molar-refractivity contribution is 7.17. The molecule has 1 aromatic heterocycles. The van der Waals surface area contributed by atoms with Gasteiger partial charge >= 0.3 is 5.97 Å². The standard InChI is InChI=1S/C21H25NO4S/c1-3-26-21(24)18-16-8-6-4-5-7-9-17(16)27-20(18)22-19(23)14-10-12-15(25-2)13-11-14/h10-13H,3-9H2,1-2H3,(H,22,23). The van der Waals surface area contributed by atoms with E-state index in [0.717, 1.165) is 31.2 Å². The van der Waals surface area contributed by atoms with E-state index in [-0.39, 0.29) is 11.9 Å². The third-order valence-corrected chi connectivity index (χ3v) is 5.94. The van der Waals surface area contributed by atoms with Crippen LogP contribution in [-0.4, -0.2) is 25.6 Å². The van der Waals surface area contributed by atoms with E-state index in [9.17, 15) is 9.59 Å². The Morgan fingerprint density at radius 2 is 1.78 bits per heavy atom. The summed E-state index contributed by atoms with van der Waals surface area (Å²) in [7, 11) is 1.59. The number of benzene rings is 1. The Morgan fingerprint density at radius 1 is 1.07 bits per heavy atom. The maximum atomic E-state index is 12.7. The zero-order chi connectivity index (χ0) is 19.2. The molecular weight excluding hydrogens is 362 g/mol. The van der Waals surface area contributed by atoms with Gasteiger partial charge in [0, 0.05) is 10.4 Å². The average molecular weight is 388 g/mol. The first-order valence-electron chi connectivity index (χ1n) is 9.41. The summed E-state index contributed by atoms with van der Waals surface area (Å²) >= 11 is 1.51. The number of nitrogens with one attached hydrogen (secondary N) is 1. The van der Waals surface area contributed by atoms with Gasteiger partial charge in [-0.25, -0.2) is 4.79 Å². The molecule has 144 valence electrons. The molecule has 0 unspecified atom stereocenters. The number of carbonyl (C=O) groups excluding carboxylic acids is 2. The Hall–Kier alpha value is -2.34. The third-order valence-electron chi connectivity index (χ3n) is 4.73. The molecule has 1 heterocycles. The Kier molecular flexibility index (Phi) is 6.50. The molecule has 1 aromatic carbocycles. The Balaban J connectivity index is 1.91. The van der Waals surface area contributed by atoms with Crippen molar-refractivity contribution in [2.45, 2.75) is 45.4 Å². The van der Waals surface area contributed by atoms with Gasteiger partial charge in [0.15, 0.2) is 0 Å². The van der Waals surface area contributed by atoms with Gasteiger partial charge in [-0.1, -0.05) is 12.8 Å². The number of thiophene rings is 1. The molecule has 5 nitrogen and oxygen atoms in total. The van der Waals surface area contributed by atoms with E-state index in [1.165, 1.54) is 29.1 Å². The lowest BCUT2D eigenvalue weighted by Gasteiger charge is -2.11. The fourth-order valence-electron chi connectivity index (χ4n) is 3.34. The highest BCUT2D eigenvalue weighted by atomic mass is 32.1. The second-order valence-corrected chi connectivity index (χ2v) is 7.63. The predicted octanol–water partition coefficient (Wildman–Crippen LogP) is 4.84. The fraction of sp³-hybridized carbons (Fsp3) is 0.429. The Bertz CT molecular complexity index is 810. The first-order valence-corrected chi connectivity index (χ1v) is 10.2. The molecule has 0 saturated carbocycles. The molecule has 0 spiro atoms. The molecule has 0 bridgehead atoms. The topological polar surface area (TPSA) is 64.6 Å². The minimum absolute atomic E-state index is 0.238. The number of fused-ring (bicyclic) bond motifs is 1. The van der Waals surface area contributed by atoms with Crippen LogP contribution >= 0.6 is 11.3 Å². The lowest BCUT2D eigenvalue weighted by Crippen LogP contribution is -2.15. The van der Waals surface area contributed by atoms with Crippen LogP contribution in [0.5, 0.6) is 5.75 Å². The number of hydrogen-bond donors (Lipinski definition) is 1. The number of carbonyl (C=O) groups is 2. The molecule has 0 fully saturated rings. The van der Waals surface area contributed by atoms with Crippen molar-refractivity contribution in [1.29, 1.82) is 0 Å². The Morgan fingerprint density at radius 3 is 2.44 bits per heavy atom. The van der Waals surface area contributed by atoms with Crippen LogP contribution in [0.4, 0.5) is 5.00 Å². The molecule has 2 aromatic rings. The van der Waals surface area contributed by atoms with E-state index in [0.29, 0.717) is 28.5 Å². The van der Waals surface area contributed by atoms with Crippen LogP contribution in [0.15, 0.2) is 24.3 Å². The minimum Gasteiger partial charge on any atom is -0.497 e. The monoisotopic (exact) mass is 387 g/mol. The smallest absolute Gasteiger partial charge is 0.341 e. The van der Waals surface area contributed by atoms with E-state index in [1.807, 2.05) is 0 Å². The normalized spacial score (nSPS) is 13.9. The lowest BCUT2D eigenvalue weighted by molar-refractivity contribution is 0.0526. The number of hydrogen-bond acceptors (Lipinski definition) is 5. The van der Waals surface area contributed by atoms with Gasteiger partial charge in [-0.3, -0.25) is 4.79 Å². The van der Waals surface area contributed by atoms with Gasteiger partial charge in [0.25, 0.3) is 5.91 Å². The lowest BCUT2D eigenvalue weighted by atomic mass is 9.96. The number of esters is 1. The maximum Gasteiger partial charge on any atom is 0.341 e. The third kappa shape index (κ3) is 4.50. The van der Waals surface area contributed by atoms with Crippen molar-refractivity contribution in [3.63, 3.8) is 0 Å². The molecule has 1 N–H and O–H groups in total. The molecule has 0 radical (unpaired) electrons. The van der Waals surface area contributed by atoms with Crippen LogP contribution in [-0.2, 0) is 17.6 Å². The van der Waals surface area contributed by atoms with Crippen molar-refractivity contribution in [1.82, 2.24) is 0 Å². The number of rotatable bonds is 5. The van der Waals surface area contributed by atoms with Crippen LogP contribution in [0.25, 0.3) is 0 Å².